The number of hydrogen-bond acceptors (Lipinski definition) is 4. The number of benzene rings is 1. The van der Waals surface area contributed by atoms with Gasteiger partial charge in [-0.05, 0) is 31.4 Å². The van der Waals surface area contributed by atoms with Crippen LogP contribution in [0.5, 0.6) is 0 Å². The lowest BCUT2D eigenvalue weighted by atomic mass is 10.1. The van der Waals surface area contributed by atoms with Crippen molar-refractivity contribution in [1.82, 2.24) is 20.4 Å². The smallest absolute Gasteiger partial charge is 0.272 e. The summed E-state index contributed by atoms with van der Waals surface area (Å²) in [5.74, 6) is -0.607. The molecule has 2 heterocycles. The monoisotopic (exact) mass is 344 g/mol. The number of aliphatic hydroxyl groups is 1. The van der Waals surface area contributed by atoms with Crippen LogP contribution in [0.3, 0.4) is 0 Å². The predicted molar refractivity (Wildman–Crippen MR) is 90.2 cm³/mol. The Hall–Kier alpha value is -2.25. The van der Waals surface area contributed by atoms with Crippen LogP contribution in [0, 0.1) is 11.7 Å². The molecule has 1 aliphatic carbocycles. The highest BCUT2D eigenvalue weighted by atomic mass is 19.1. The molecule has 4 rings (SSSR count). The molecule has 2 aromatic rings. The Morgan fingerprint density at radius 2 is 2.20 bits per heavy atom. The van der Waals surface area contributed by atoms with E-state index >= 15 is 0 Å². The largest absolute Gasteiger partial charge is 0.391 e. The molecule has 6 nitrogen and oxygen atoms in total. The number of fused-ring (bicyclic) bond motifs is 1. The number of nitrogens with zero attached hydrogens (tertiary/aromatic N) is 2. The number of hydrogen-bond donors (Lipinski definition) is 3. The number of aromatic nitrogens is 2. The fraction of sp³-hybridized carbons (Fsp3) is 0.444. The van der Waals surface area contributed by atoms with Gasteiger partial charge in [-0.1, -0.05) is 12.1 Å². The summed E-state index contributed by atoms with van der Waals surface area (Å²) in [4.78, 5) is 12.6. The Bertz CT molecular complexity index is 804. The van der Waals surface area contributed by atoms with Gasteiger partial charge < -0.3 is 15.7 Å². The third kappa shape index (κ3) is 2.94. The Labute approximate surface area is 145 Å². The minimum absolute atomic E-state index is 0.00523. The second-order valence-electron chi connectivity index (χ2n) is 6.69. The maximum atomic E-state index is 14.2. The lowest BCUT2D eigenvalue weighted by molar-refractivity contribution is 0.0921. The van der Waals surface area contributed by atoms with Crippen LogP contribution in [-0.2, 0) is 12.8 Å². The Morgan fingerprint density at radius 3 is 2.96 bits per heavy atom. The highest BCUT2D eigenvalue weighted by Gasteiger charge is 2.29. The van der Waals surface area contributed by atoms with Crippen LogP contribution in [0.25, 0.3) is 5.69 Å². The van der Waals surface area contributed by atoms with Crippen LogP contribution in [0.1, 0.15) is 28.2 Å². The van der Waals surface area contributed by atoms with Gasteiger partial charge >= 0.3 is 0 Å². The molecular formula is C18H21FN4O2. The van der Waals surface area contributed by atoms with Crippen molar-refractivity contribution < 1.29 is 14.3 Å². The van der Waals surface area contributed by atoms with Crippen LogP contribution in [0.4, 0.5) is 4.39 Å². The van der Waals surface area contributed by atoms with Crippen LogP contribution in [0.15, 0.2) is 24.3 Å². The zero-order chi connectivity index (χ0) is 17.4. The van der Waals surface area contributed by atoms with Crippen molar-refractivity contribution in [3.05, 3.63) is 47.0 Å². The fourth-order valence-electron chi connectivity index (χ4n) is 3.68. The summed E-state index contributed by atoms with van der Waals surface area (Å²) < 4.78 is 15.7. The summed E-state index contributed by atoms with van der Waals surface area (Å²) in [5.41, 5.74) is 2.56. The zero-order valence-electron chi connectivity index (χ0n) is 13.8. The first-order chi connectivity index (χ1) is 12.1. The van der Waals surface area contributed by atoms with Gasteiger partial charge in [0.25, 0.3) is 5.91 Å². The quantitative estimate of drug-likeness (QED) is 0.767. The van der Waals surface area contributed by atoms with E-state index in [0.29, 0.717) is 31.0 Å². The third-order valence-electron chi connectivity index (χ3n) is 5.05. The van der Waals surface area contributed by atoms with Gasteiger partial charge in [-0.3, -0.25) is 4.79 Å². The van der Waals surface area contributed by atoms with Crippen LogP contribution >= 0.6 is 0 Å². The maximum Gasteiger partial charge on any atom is 0.272 e. The topological polar surface area (TPSA) is 79.2 Å². The number of halogens is 1. The van der Waals surface area contributed by atoms with Crippen LogP contribution < -0.4 is 10.6 Å². The summed E-state index contributed by atoms with van der Waals surface area (Å²) in [6.45, 7) is 1.63. The first-order valence-corrected chi connectivity index (χ1v) is 8.68. The van der Waals surface area contributed by atoms with Crippen molar-refractivity contribution in [2.45, 2.75) is 25.4 Å². The van der Waals surface area contributed by atoms with Crippen molar-refractivity contribution in [2.75, 3.05) is 19.6 Å². The molecular weight excluding hydrogens is 323 g/mol. The maximum absolute atomic E-state index is 14.2. The van der Waals surface area contributed by atoms with E-state index in [1.165, 1.54) is 6.07 Å². The van der Waals surface area contributed by atoms with Crippen molar-refractivity contribution >= 4 is 5.91 Å². The van der Waals surface area contributed by atoms with Crippen molar-refractivity contribution in [3.8, 4) is 5.69 Å². The van der Waals surface area contributed by atoms with E-state index in [1.54, 1.807) is 22.9 Å². The Kier molecular flexibility index (Phi) is 4.27. The molecule has 0 saturated carbocycles. The fourth-order valence-corrected chi connectivity index (χ4v) is 3.68. The molecule has 0 bridgehead atoms. The lowest BCUT2D eigenvalue weighted by Gasteiger charge is -2.13. The van der Waals surface area contributed by atoms with E-state index in [-0.39, 0.29) is 17.6 Å². The van der Waals surface area contributed by atoms with Gasteiger partial charge in [-0.15, -0.1) is 0 Å². The molecule has 3 N–H and O–H groups in total. The van der Waals surface area contributed by atoms with Gasteiger partial charge in [-0.2, -0.15) is 5.10 Å². The standard InChI is InChI=1S/C18H21FN4O2/c19-13-5-1-2-6-15(13)23-14-7-3-4-12(14)17(22-23)18(25)21-9-11-8-20-10-16(11)24/h1-2,5-6,11,16,20,24H,3-4,7-10H2,(H,21,25). The molecule has 1 amide bonds. The number of para-hydroxylation sites is 1. The molecule has 1 fully saturated rings. The van der Waals surface area contributed by atoms with E-state index in [1.807, 2.05) is 0 Å². The molecule has 1 saturated heterocycles. The highest BCUT2D eigenvalue weighted by molar-refractivity contribution is 5.94. The van der Waals surface area contributed by atoms with E-state index in [4.69, 9.17) is 0 Å². The zero-order valence-corrected chi connectivity index (χ0v) is 13.8. The minimum Gasteiger partial charge on any atom is -0.391 e. The van der Waals surface area contributed by atoms with Gasteiger partial charge in [0.05, 0.1) is 6.10 Å². The Morgan fingerprint density at radius 1 is 1.36 bits per heavy atom. The second-order valence-corrected chi connectivity index (χ2v) is 6.69. The van der Waals surface area contributed by atoms with E-state index in [9.17, 15) is 14.3 Å². The summed E-state index contributed by atoms with van der Waals surface area (Å²) in [6.07, 6.45) is 2.06. The molecule has 1 aromatic heterocycles. The van der Waals surface area contributed by atoms with Crippen molar-refractivity contribution in [1.29, 1.82) is 0 Å². The van der Waals surface area contributed by atoms with Crippen LogP contribution in [0.2, 0.25) is 0 Å². The van der Waals surface area contributed by atoms with Gasteiger partial charge in [0.15, 0.2) is 5.69 Å². The number of β-amino-alcohol motifs (C(OH)–C–C–N with tert-alkyl or cyclic N) is 1. The average Bonchev–Trinajstić information content (AvgIpc) is 3.30. The predicted octanol–water partition coefficient (Wildman–Crippen LogP) is 0.810. The summed E-state index contributed by atoms with van der Waals surface area (Å²) in [7, 11) is 0. The SMILES string of the molecule is O=C(NCC1CNCC1O)c1nn(-c2ccccc2F)c2c1CCC2. The molecule has 0 radical (unpaired) electrons. The first-order valence-electron chi connectivity index (χ1n) is 8.68. The number of carbonyl (C=O) groups excluding carboxylic acids is 1. The molecule has 1 aromatic carbocycles. The van der Waals surface area contributed by atoms with E-state index < -0.39 is 6.10 Å². The number of amides is 1. The minimum atomic E-state index is -0.443. The molecule has 25 heavy (non-hydrogen) atoms. The molecule has 2 unspecified atom stereocenters. The summed E-state index contributed by atoms with van der Waals surface area (Å²) in [5, 5.41) is 20.2. The highest BCUT2D eigenvalue weighted by Crippen LogP contribution is 2.28. The molecule has 132 valence electrons. The normalized spacial score (nSPS) is 22.2. The molecule has 0 spiro atoms. The summed E-state index contributed by atoms with van der Waals surface area (Å²) in [6, 6.07) is 6.46. The number of aliphatic hydroxyl groups excluding tert-OH is 1. The lowest BCUT2D eigenvalue weighted by Crippen LogP contribution is -2.35. The first kappa shape index (κ1) is 16.2. The van der Waals surface area contributed by atoms with Gasteiger partial charge in [0.1, 0.15) is 11.5 Å². The van der Waals surface area contributed by atoms with E-state index in [2.05, 4.69) is 15.7 Å². The van der Waals surface area contributed by atoms with E-state index in [0.717, 1.165) is 30.5 Å². The Balaban J connectivity index is 1.59. The van der Waals surface area contributed by atoms with Gasteiger partial charge in [0.2, 0.25) is 0 Å². The molecule has 7 heteroatoms. The number of carbonyl (C=O) groups is 1. The van der Waals surface area contributed by atoms with Crippen molar-refractivity contribution in [3.63, 3.8) is 0 Å². The number of nitrogens with one attached hydrogen (secondary N) is 2. The van der Waals surface area contributed by atoms with Crippen LogP contribution in [-0.4, -0.2) is 46.5 Å². The number of rotatable bonds is 4. The van der Waals surface area contributed by atoms with Crippen molar-refractivity contribution in [2.24, 2.45) is 5.92 Å². The summed E-state index contributed by atoms with van der Waals surface area (Å²) >= 11 is 0. The average molecular weight is 344 g/mol. The molecule has 2 aliphatic rings. The second kappa shape index (κ2) is 6.57. The van der Waals surface area contributed by atoms with Gasteiger partial charge in [-0.25, -0.2) is 9.07 Å². The third-order valence-corrected chi connectivity index (χ3v) is 5.05. The molecule has 2 atom stereocenters. The van der Waals surface area contributed by atoms with Gasteiger partial charge in [0, 0.05) is 36.8 Å². The molecule has 1 aliphatic heterocycles.